The molecular weight excluding hydrogens is 224 g/mol. The number of nitrogens with zero attached hydrogens (tertiary/aromatic N) is 2. The molecule has 18 heavy (non-hydrogen) atoms. The number of rotatable bonds is 1. The monoisotopic (exact) mass is 240 g/mol. The minimum atomic E-state index is 0.0639. The van der Waals surface area contributed by atoms with Gasteiger partial charge in [0.15, 0.2) is 5.82 Å². The van der Waals surface area contributed by atoms with E-state index in [2.05, 4.69) is 49.2 Å². The van der Waals surface area contributed by atoms with Gasteiger partial charge in [-0.1, -0.05) is 39.0 Å². The molecule has 0 aliphatic heterocycles. The lowest BCUT2D eigenvalue weighted by Crippen LogP contribution is -2.10. The predicted octanol–water partition coefficient (Wildman–Crippen LogP) is 2.83. The zero-order valence-corrected chi connectivity index (χ0v) is 10.8. The highest BCUT2D eigenvalue weighted by Gasteiger charge is 2.16. The van der Waals surface area contributed by atoms with E-state index in [0.29, 0.717) is 11.3 Å². The summed E-state index contributed by atoms with van der Waals surface area (Å²) >= 11 is 0. The number of aromatic amines is 1. The number of H-pyrrole nitrogens is 1. The molecule has 0 bridgehead atoms. The Kier molecular flexibility index (Phi) is 2.84. The van der Waals surface area contributed by atoms with Crippen LogP contribution in [0, 0.1) is 11.3 Å². The van der Waals surface area contributed by atoms with Gasteiger partial charge in [-0.05, 0) is 17.0 Å². The van der Waals surface area contributed by atoms with E-state index in [9.17, 15) is 0 Å². The smallest absolute Gasteiger partial charge is 0.163 e. The molecule has 4 nitrogen and oxygen atoms in total. The molecular formula is C14H16N4. The van der Waals surface area contributed by atoms with E-state index in [1.807, 2.05) is 12.1 Å². The van der Waals surface area contributed by atoms with Gasteiger partial charge < -0.3 is 5.73 Å². The van der Waals surface area contributed by atoms with Crippen molar-refractivity contribution in [2.24, 2.45) is 0 Å². The fraction of sp³-hybridized carbons (Fsp3) is 0.286. The number of nitriles is 1. The van der Waals surface area contributed by atoms with E-state index in [-0.39, 0.29) is 11.2 Å². The summed E-state index contributed by atoms with van der Waals surface area (Å²) in [6, 6.07) is 10.2. The van der Waals surface area contributed by atoms with Gasteiger partial charge >= 0.3 is 0 Å². The number of hydrogen-bond donors (Lipinski definition) is 2. The molecule has 2 rings (SSSR count). The first-order valence-corrected chi connectivity index (χ1v) is 5.78. The molecule has 0 fully saturated rings. The van der Waals surface area contributed by atoms with E-state index in [1.54, 1.807) is 0 Å². The van der Waals surface area contributed by atoms with Gasteiger partial charge in [-0.15, -0.1) is 0 Å². The van der Waals surface area contributed by atoms with Crippen molar-refractivity contribution in [2.45, 2.75) is 26.2 Å². The molecule has 0 unspecified atom stereocenters. The van der Waals surface area contributed by atoms with Gasteiger partial charge in [0, 0.05) is 5.56 Å². The molecule has 0 aliphatic rings. The van der Waals surface area contributed by atoms with Crippen LogP contribution in [-0.4, -0.2) is 10.2 Å². The van der Waals surface area contributed by atoms with E-state index < -0.39 is 0 Å². The van der Waals surface area contributed by atoms with Gasteiger partial charge in [0.05, 0.1) is 5.69 Å². The SMILES string of the molecule is CC(C)(C)c1cccc(-c2[nH]nc(N)c2C#N)c1. The third kappa shape index (κ3) is 2.07. The average Bonchev–Trinajstić information content (AvgIpc) is 2.69. The zero-order valence-electron chi connectivity index (χ0n) is 10.8. The molecule has 0 atom stereocenters. The van der Waals surface area contributed by atoms with Crippen LogP contribution in [0.2, 0.25) is 0 Å². The highest BCUT2D eigenvalue weighted by Crippen LogP contribution is 2.29. The fourth-order valence-electron chi connectivity index (χ4n) is 1.82. The van der Waals surface area contributed by atoms with Crippen LogP contribution < -0.4 is 5.73 Å². The van der Waals surface area contributed by atoms with Crippen molar-refractivity contribution in [1.82, 2.24) is 10.2 Å². The van der Waals surface area contributed by atoms with E-state index in [0.717, 1.165) is 5.56 Å². The maximum atomic E-state index is 9.09. The Morgan fingerprint density at radius 2 is 2.06 bits per heavy atom. The standard InChI is InChI=1S/C14H16N4/c1-14(2,3)10-6-4-5-9(7-10)12-11(8-15)13(16)18-17-12/h4-7H,1-3H3,(H3,16,17,18). The molecule has 0 spiro atoms. The fourth-order valence-corrected chi connectivity index (χ4v) is 1.82. The van der Waals surface area contributed by atoms with Crippen molar-refractivity contribution in [3.8, 4) is 17.3 Å². The molecule has 4 heteroatoms. The Bertz CT molecular complexity index is 611. The molecule has 1 aromatic carbocycles. The Morgan fingerprint density at radius 1 is 1.33 bits per heavy atom. The van der Waals surface area contributed by atoms with Crippen LogP contribution in [-0.2, 0) is 5.41 Å². The van der Waals surface area contributed by atoms with Gasteiger partial charge in [-0.2, -0.15) is 10.4 Å². The van der Waals surface area contributed by atoms with Gasteiger partial charge in [-0.3, -0.25) is 5.10 Å². The molecule has 0 amide bonds. The van der Waals surface area contributed by atoms with Crippen LogP contribution in [0.5, 0.6) is 0 Å². The van der Waals surface area contributed by atoms with Crippen LogP contribution in [0.4, 0.5) is 5.82 Å². The lowest BCUT2D eigenvalue weighted by atomic mass is 9.86. The van der Waals surface area contributed by atoms with Crippen molar-refractivity contribution >= 4 is 5.82 Å². The summed E-state index contributed by atoms with van der Waals surface area (Å²) in [6.45, 7) is 6.45. The first-order valence-electron chi connectivity index (χ1n) is 5.78. The summed E-state index contributed by atoms with van der Waals surface area (Å²) in [4.78, 5) is 0. The number of hydrogen-bond acceptors (Lipinski definition) is 3. The molecule has 0 aliphatic carbocycles. The van der Waals surface area contributed by atoms with Gasteiger partial charge in [0.1, 0.15) is 11.6 Å². The Balaban J connectivity index is 2.56. The van der Waals surface area contributed by atoms with Crippen molar-refractivity contribution in [2.75, 3.05) is 5.73 Å². The summed E-state index contributed by atoms with van der Waals surface area (Å²) in [5.41, 5.74) is 8.94. The first kappa shape index (κ1) is 12.2. The maximum absolute atomic E-state index is 9.09. The number of nitrogens with two attached hydrogens (primary N) is 1. The second-order valence-corrected chi connectivity index (χ2v) is 5.30. The zero-order chi connectivity index (χ0) is 13.3. The van der Waals surface area contributed by atoms with Crippen LogP contribution in [0.3, 0.4) is 0 Å². The predicted molar refractivity (Wildman–Crippen MR) is 71.9 cm³/mol. The summed E-state index contributed by atoms with van der Waals surface area (Å²) in [5, 5.41) is 15.8. The molecule has 2 aromatic rings. The lowest BCUT2D eigenvalue weighted by molar-refractivity contribution is 0.590. The van der Waals surface area contributed by atoms with Gasteiger partial charge in [0.2, 0.25) is 0 Å². The first-order chi connectivity index (χ1) is 8.43. The third-order valence-corrected chi connectivity index (χ3v) is 2.92. The Labute approximate surface area is 106 Å². The quantitative estimate of drug-likeness (QED) is 0.804. The molecule has 0 saturated carbocycles. The van der Waals surface area contributed by atoms with E-state index in [4.69, 9.17) is 11.0 Å². The van der Waals surface area contributed by atoms with Gasteiger partial charge in [-0.25, -0.2) is 0 Å². The Hall–Kier alpha value is -2.28. The molecule has 92 valence electrons. The minimum Gasteiger partial charge on any atom is -0.381 e. The summed E-state index contributed by atoms with van der Waals surface area (Å²) in [7, 11) is 0. The van der Waals surface area contributed by atoms with Crippen molar-refractivity contribution in [3.63, 3.8) is 0 Å². The Morgan fingerprint density at radius 3 is 2.67 bits per heavy atom. The third-order valence-electron chi connectivity index (χ3n) is 2.92. The van der Waals surface area contributed by atoms with Crippen molar-refractivity contribution in [3.05, 3.63) is 35.4 Å². The summed E-state index contributed by atoms with van der Waals surface area (Å²) < 4.78 is 0. The van der Waals surface area contributed by atoms with Crippen LogP contribution in [0.15, 0.2) is 24.3 Å². The minimum absolute atomic E-state index is 0.0639. The topological polar surface area (TPSA) is 78.5 Å². The highest BCUT2D eigenvalue weighted by atomic mass is 15.2. The average molecular weight is 240 g/mol. The molecule has 1 heterocycles. The van der Waals surface area contributed by atoms with Crippen LogP contribution in [0.25, 0.3) is 11.3 Å². The number of nitrogen functional groups attached to an aromatic ring is 1. The van der Waals surface area contributed by atoms with E-state index in [1.165, 1.54) is 5.56 Å². The molecule has 3 N–H and O–H groups in total. The van der Waals surface area contributed by atoms with Crippen molar-refractivity contribution < 1.29 is 0 Å². The summed E-state index contributed by atoms with van der Waals surface area (Å²) in [5.74, 6) is 0.244. The molecule has 1 aromatic heterocycles. The highest BCUT2D eigenvalue weighted by molar-refractivity contribution is 5.72. The van der Waals surface area contributed by atoms with E-state index >= 15 is 0 Å². The van der Waals surface area contributed by atoms with Crippen molar-refractivity contribution in [1.29, 1.82) is 5.26 Å². The van der Waals surface area contributed by atoms with Gasteiger partial charge in [0.25, 0.3) is 0 Å². The normalized spacial score (nSPS) is 11.2. The number of nitrogens with one attached hydrogen (secondary N) is 1. The van der Waals surface area contributed by atoms with Crippen LogP contribution in [0.1, 0.15) is 31.9 Å². The number of aromatic nitrogens is 2. The largest absolute Gasteiger partial charge is 0.381 e. The van der Waals surface area contributed by atoms with Crippen LogP contribution >= 0.6 is 0 Å². The molecule has 0 radical (unpaired) electrons. The molecule has 0 saturated heterocycles. The number of anilines is 1. The second kappa shape index (κ2) is 4.19. The number of benzene rings is 1. The lowest BCUT2D eigenvalue weighted by Gasteiger charge is -2.19. The second-order valence-electron chi connectivity index (χ2n) is 5.30. The maximum Gasteiger partial charge on any atom is 0.163 e. The summed E-state index contributed by atoms with van der Waals surface area (Å²) in [6.07, 6.45) is 0.